The molecule has 0 aliphatic carbocycles. The molecule has 1 aliphatic rings. The Kier molecular flexibility index (Phi) is 7.40. The molecule has 0 unspecified atom stereocenters. The van der Waals surface area contributed by atoms with E-state index >= 15 is 0 Å². The zero-order chi connectivity index (χ0) is 22.5. The minimum atomic E-state index is 0.0746. The molecule has 1 aromatic heterocycles. The highest BCUT2D eigenvalue weighted by atomic mass is 32.1. The monoisotopic (exact) mass is 453 g/mol. The lowest BCUT2D eigenvalue weighted by Crippen LogP contribution is -2.39. The number of hydrogen-bond acceptors (Lipinski definition) is 6. The fraction of sp³-hybridized carbons (Fsp3) is 0.440. The van der Waals surface area contributed by atoms with Gasteiger partial charge >= 0.3 is 0 Å². The van der Waals surface area contributed by atoms with Crippen LogP contribution in [-0.2, 0) is 16.0 Å². The van der Waals surface area contributed by atoms with Crippen LogP contribution in [0.3, 0.4) is 0 Å². The predicted octanol–water partition coefficient (Wildman–Crippen LogP) is 4.22. The molecule has 170 valence electrons. The van der Waals surface area contributed by atoms with E-state index < -0.39 is 0 Å². The number of thiazole rings is 1. The van der Waals surface area contributed by atoms with Gasteiger partial charge in [0.1, 0.15) is 5.75 Å². The van der Waals surface area contributed by atoms with E-state index in [0.29, 0.717) is 13.0 Å². The van der Waals surface area contributed by atoms with Crippen molar-refractivity contribution in [1.82, 2.24) is 9.88 Å². The molecule has 4 rings (SSSR count). The van der Waals surface area contributed by atoms with Crippen LogP contribution in [0.5, 0.6) is 5.75 Å². The first-order chi connectivity index (χ1) is 15.5. The first kappa shape index (κ1) is 22.7. The lowest BCUT2D eigenvalue weighted by atomic mass is 10.1. The van der Waals surface area contributed by atoms with Crippen molar-refractivity contribution in [3.05, 3.63) is 53.1 Å². The third-order valence-electron chi connectivity index (χ3n) is 5.82. The molecule has 0 saturated carbocycles. The van der Waals surface area contributed by atoms with Gasteiger partial charge in [-0.3, -0.25) is 14.6 Å². The van der Waals surface area contributed by atoms with E-state index in [1.807, 2.05) is 29.2 Å². The van der Waals surface area contributed by atoms with Crippen molar-refractivity contribution in [2.24, 2.45) is 0 Å². The number of anilines is 1. The highest BCUT2D eigenvalue weighted by Gasteiger charge is 2.21. The maximum Gasteiger partial charge on any atom is 0.233 e. The van der Waals surface area contributed by atoms with Gasteiger partial charge in [0, 0.05) is 26.2 Å². The summed E-state index contributed by atoms with van der Waals surface area (Å²) in [5.74, 6) is 0.867. The maximum absolute atomic E-state index is 13.4. The van der Waals surface area contributed by atoms with Crippen molar-refractivity contribution in [3.8, 4) is 5.75 Å². The Hall–Kier alpha value is -2.48. The van der Waals surface area contributed by atoms with Gasteiger partial charge in [-0.05, 0) is 55.2 Å². The number of amides is 1. The van der Waals surface area contributed by atoms with Crippen LogP contribution in [0.2, 0.25) is 0 Å². The minimum Gasteiger partial charge on any atom is -0.497 e. The quantitative estimate of drug-likeness (QED) is 0.511. The fourth-order valence-corrected chi connectivity index (χ4v) is 5.28. The van der Waals surface area contributed by atoms with E-state index in [-0.39, 0.29) is 5.91 Å². The van der Waals surface area contributed by atoms with Crippen molar-refractivity contribution in [2.45, 2.75) is 26.7 Å². The molecule has 32 heavy (non-hydrogen) atoms. The summed E-state index contributed by atoms with van der Waals surface area (Å²) in [6, 6.07) is 12.0. The first-order valence-electron chi connectivity index (χ1n) is 11.1. The maximum atomic E-state index is 13.4. The molecule has 1 amide bonds. The first-order valence-corrected chi connectivity index (χ1v) is 12.0. The highest BCUT2D eigenvalue weighted by molar-refractivity contribution is 7.22. The van der Waals surface area contributed by atoms with Gasteiger partial charge in [0.25, 0.3) is 0 Å². The van der Waals surface area contributed by atoms with Crippen LogP contribution in [0.1, 0.15) is 23.1 Å². The zero-order valence-electron chi connectivity index (χ0n) is 19.1. The van der Waals surface area contributed by atoms with Crippen molar-refractivity contribution in [3.63, 3.8) is 0 Å². The van der Waals surface area contributed by atoms with E-state index in [4.69, 9.17) is 14.5 Å². The third kappa shape index (κ3) is 5.46. The molecule has 0 atom stereocenters. The molecule has 2 heterocycles. The number of rotatable bonds is 8. The predicted molar refractivity (Wildman–Crippen MR) is 130 cm³/mol. The van der Waals surface area contributed by atoms with Gasteiger partial charge in [0.05, 0.1) is 37.0 Å². The fourth-order valence-electron chi connectivity index (χ4n) is 4.09. The van der Waals surface area contributed by atoms with Crippen LogP contribution in [0.15, 0.2) is 36.4 Å². The zero-order valence-corrected chi connectivity index (χ0v) is 19.9. The summed E-state index contributed by atoms with van der Waals surface area (Å²) in [5, 5.41) is 0.786. The number of morpholine rings is 1. The summed E-state index contributed by atoms with van der Waals surface area (Å²) >= 11 is 1.61. The SMILES string of the molecule is COc1ccc(CC(=O)N(CCCN2CCOCC2)c2nc3c(C)cc(C)cc3s2)cc1. The standard InChI is InChI=1S/C25H31N3O3S/c1-18-15-19(2)24-22(16-18)32-25(26-24)28(10-4-9-27-11-13-31-14-12-27)23(29)17-20-5-7-21(30-3)8-6-20/h5-8,15-16H,4,9-14,17H2,1-3H3. The summed E-state index contributed by atoms with van der Waals surface area (Å²) in [7, 11) is 1.65. The second kappa shape index (κ2) is 10.4. The molecule has 0 radical (unpaired) electrons. The minimum absolute atomic E-state index is 0.0746. The second-order valence-corrected chi connectivity index (χ2v) is 9.31. The van der Waals surface area contributed by atoms with E-state index in [9.17, 15) is 4.79 Å². The van der Waals surface area contributed by atoms with E-state index in [1.165, 1.54) is 5.56 Å². The molecule has 1 saturated heterocycles. The Morgan fingerprint density at radius 3 is 2.66 bits per heavy atom. The molecular formula is C25H31N3O3S. The van der Waals surface area contributed by atoms with Crippen LogP contribution >= 0.6 is 11.3 Å². The smallest absolute Gasteiger partial charge is 0.233 e. The number of benzene rings is 2. The van der Waals surface area contributed by atoms with Crippen molar-refractivity contribution >= 4 is 32.6 Å². The van der Waals surface area contributed by atoms with Crippen LogP contribution in [-0.4, -0.2) is 62.3 Å². The molecule has 7 heteroatoms. The molecular weight excluding hydrogens is 422 g/mol. The van der Waals surface area contributed by atoms with Gasteiger partial charge in [-0.25, -0.2) is 4.98 Å². The van der Waals surface area contributed by atoms with Crippen molar-refractivity contribution in [2.75, 3.05) is 51.4 Å². The topological polar surface area (TPSA) is 54.9 Å². The lowest BCUT2D eigenvalue weighted by Gasteiger charge is -2.27. The summed E-state index contributed by atoms with van der Waals surface area (Å²) in [5.41, 5.74) is 4.33. The average Bonchev–Trinajstić information content (AvgIpc) is 3.22. The van der Waals surface area contributed by atoms with Crippen LogP contribution in [0, 0.1) is 13.8 Å². The molecule has 0 bridgehead atoms. The number of fused-ring (bicyclic) bond motifs is 1. The number of nitrogens with zero attached hydrogens (tertiary/aromatic N) is 3. The highest BCUT2D eigenvalue weighted by Crippen LogP contribution is 2.32. The molecule has 3 aromatic rings. The average molecular weight is 454 g/mol. The van der Waals surface area contributed by atoms with Crippen LogP contribution in [0.4, 0.5) is 5.13 Å². The van der Waals surface area contributed by atoms with Crippen molar-refractivity contribution in [1.29, 1.82) is 0 Å². The molecule has 1 fully saturated rings. The van der Waals surface area contributed by atoms with Crippen LogP contribution in [0.25, 0.3) is 10.2 Å². The normalized spacial score (nSPS) is 14.6. The Balaban J connectivity index is 1.53. The number of aromatic nitrogens is 1. The molecule has 0 spiro atoms. The Morgan fingerprint density at radius 1 is 1.19 bits per heavy atom. The van der Waals surface area contributed by atoms with E-state index in [1.54, 1.807) is 18.4 Å². The number of hydrogen-bond donors (Lipinski definition) is 0. The van der Waals surface area contributed by atoms with Gasteiger partial charge in [0.15, 0.2) is 5.13 Å². The number of methoxy groups -OCH3 is 1. The number of ether oxygens (including phenoxy) is 2. The summed E-state index contributed by atoms with van der Waals surface area (Å²) < 4.78 is 11.8. The summed E-state index contributed by atoms with van der Waals surface area (Å²) in [6.07, 6.45) is 1.25. The number of carbonyl (C=O) groups excluding carboxylic acids is 1. The Bertz CT molecular complexity index is 1060. The Morgan fingerprint density at radius 2 is 1.94 bits per heavy atom. The molecule has 1 aliphatic heterocycles. The van der Waals surface area contributed by atoms with Gasteiger partial charge in [-0.15, -0.1) is 0 Å². The van der Waals surface area contributed by atoms with E-state index in [2.05, 4.69) is 30.9 Å². The summed E-state index contributed by atoms with van der Waals surface area (Å²) in [4.78, 5) is 22.6. The molecule has 6 nitrogen and oxygen atoms in total. The van der Waals surface area contributed by atoms with E-state index in [0.717, 1.165) is 71.5 Å². The van der Waals surface area contributed by atoms with Gasteiger partial charge in [-0.1, -0.05) is 29.5 Å². The molecule has 2 aromatic carbocycles. The lowest BCUT2D eigenvalue weighted by molar-refractivity contribution is -0.118. The van der Waals surface area contributed by atoms with Crippen LogP contribution < -0.4 is 9.64 Å². The molecule has 0 N–H and O–H groups in total. The van der Waals surface area contributed by atoms with Crippen molar-refractivity contribution < 1.29 is 14.3 Å². The van der Waals surface area contributed by atoms with Gasteiger partial charge < -0.3 is 9.47 Å². The summed E-state index contributed by atoms with van der Waals surface area (Å²) in [6.45, 7) is 9.29. The number of aryl methyl sites for hydroxylation is 2. The number of carbonyl (C=O) groups is 1. The van der Waals surface area contributed by atoms with Gasteiger partial charge in [-0.2, -0.15) is 0 Å². The largest absolute Gasteiger partial charge is 0.497 e. The Labute approximate surface area is 193 Å². The second-order valence-electron chi connectivity index (χ2n) is 8.30. The van der Waals surface area contributed by atoms with Gasteiger partial charge in [0.2, 0.25) is 5.91 Å². The third-order valence-corrected chi connectivity index (χ3v) is 6.85.